The van der Waals surface area contributed by atoms with Gasteiger partial charge in [-0.2, -0.15) is 10.1 Å². The monoisotopic (exact) mass is 388 g/mol. The van der Waals surface area contributed by atoms with Gasteiger partial charge in [-0.25, -0.2) is 4.98 Å². The Hall–Kier alpha value is -0.980. The highest BCUT2D eigenvalue weighted by Crippen LogP contribution is 2.19. The summed E-state index contributed by atoms with van der Waals surface area (Å²) in [7, 11) is 0. The summed E-state index contributed by atoms with van der Waals surface area (Å²) in [5, 5.41) is 4.24. The molecule has 92 valence electrons. The Morgan fingerprint density at radius 3 is 2.67 bits per heavy atom. The lowest BCUT2D eigenvalue weighted by Crippen LogP contribution is -1.96. The van der Waals surface area contributed by atoms with Gasteiger partial charge in [0.05, 0.1) is 10.7 Å². The van der Waals surface area contributed by atoms with Crippen LogP contribution in [-0.2, 0) is 0 Å². The van der Waals surface area contributed by atoms with Gasteiger partial charge in [0, 0.05) is 10.7 Å². The van der Waals surface area contributed by atoms with E-state index in [9.17, 15) is 0 Å². The van der Waals surface area contributed by atoms with Gasteiger partial charge in [0.15, 0.2) is 5.82 Å². The molecule has 0 radical (unpaired) electrons. The molecule has 0 atom stereocenters. The Bertz CT molecular complexity index is 572. The van der Waals surface area contributed by atoms with Crippen molar-refractivity contribution in [2.75, 3.05) is 5.43 Å². The van der Waals surface area contributed by atoms with Gasteiger partial charge in [0.1, 0.15) is 0 Å². The van der Waals surface area contributed by atoms with Crippen LogP contribution in [0.25, 0.3) is 0 Å². The maximum atomic E-state index is 5.69. The van der Waals surface area contributed by atoms with Gasteiger partial charge in [0.25, 0.3) is 0 Å². The van der Waals surface area contributed by atoms with E-state index in [0.717, 1.165) is 10.0 Å². The normalized spacial score (nSPS) is 10.8. The molecule has 0 saturated carbocycles. The van der Waals surface area contributed by atoms with Crippen LogP contribution in [0, 0.1) is 0 Å². The van der Waals surface area contributed by atoms with Gasteiger partial charge in [-0.05, 0) is 45.2 Å². The summed E-state index contributed by atoms with van der Waals surface area (Å²) < 4.78 is 1.72. The zero-order valence-electron chi connectivity index (χ0n) is 8.94. The molecule has 0 bridgehead atoms. The Kier molecular flexibility index (Phi) is 4.68. The van der Waals surface area contributed by atoms with E-state index < -0.39 is 0 Å². The number of halogens is 3. The zero-order chi connectivity index (χ0) is 13.0. The highest BCUT2D eigenvalue weighted by atomic mass is 79.9. The van der Waals surface area contributed by atoms with Crippen molar-refractivity contribution in [1.29, 1.82) is 0 Å². The van der Waals surface area contributed by atoms with Crippen LogP contribution in [0.1, 0.15) is 5.56 Å². The third kappa shape index (κ3) is 3.76. The largest absolute Gasteiger partial charge is 0.260 e. The maximum absolute atomic E-state index is 5.69. The van der Waals surface area contributed by atoms with Crippen LogP contribution < -0.4 is 5.43 Å². The molecular formula is C11H7Br2ClN4. The molecule has 0 saturated heterocycles. The van der Waals surface area contributed by atoms with Gasteiger partial charge in [-0.1, -0.05) is 28.1 Å². The van der Waals surface area contributed by atoms with Gasteiger partial charge >= 0.3 is 0 Å². The minimum atomic E-state index is 0.166. The first-order valence-electron chi connectivity index (χ1n) is 4.88. The SMILES string of the molecule is Clc1ncc(Br)c(NN=Cc2ccc(Br)cc2)n1. The van der Waals surface area contributed by atoms with Crippen molar-refractivity contribution in [3.63, 3.8) is 0 Å². The predicted octanol–water partition coefficient (Wildman–Crippen LogP) is 4.10. The van der Waals surface area contributed by atoms with Crippen molar-refractivity contribution in [2.45, 2.75) is 0 Å². The number of nitrogens with one attached hydrogen (secondary N) is 1. The quantitative estimate of drug-likeness (QED) is 0.488. The molecule has 1 N–H and O–H groups in total. The predicted molar refractivity (Wildman–Crippen MR) is 80.1 cm³/mol. The Labute approximate surface area is 126 Å². The molecule has 0 spiro atoms. The third-order valence-electron chi connectivity index (χ3n) is 1.97. The molecule has 0 aliphatic heterocycles. The van der Waals surface area contributed by atoms with E-state index in [1.807, 2.05) is 24.3 Å². The lowest BCUT2D eigenvalue weighted by atomic mass is 10.2. The Balaban J connectivity index is 2.07. The van der Waals surface area contributed by atoms with E-state index in [-0.39, 0.29) is 5.28 Å². The van der Waals surface area contributed by atoms with Crippen LogP contribution in [-0.4, -0.2) is 16.2 Å². The van der Waals surface area contributed by atoms with Crippen molar-refractivity contribution >= 4 is 55.5 Å². The topological polar surface area (TPSA) is 50.2 Å². The smallest absolute Gasteiger partial charge is 0.224 e. The van der Waals surface area contributed by atoms with E-state index in [2.05, 4.69) is 52.4 Å². The van der Waals surface area contributed by atoms with Crippen LogP contribution in [0.3, 0.4) is 0 Å². The van der Waals surface area contributed by atoms with Gasteiger partial charge in [-0.3, -0.25) is 5.43 Å². The zero-order valence-corrected chi connectivity index (χ0v) is 12.9. The van der Waals surface area contributed by atoms with Crippen LogP contribution in [0.4, 0.5) is 5.82 Å². The first-order valence-corrected chi connectivity index (χ1v) is 6.84. The molecule has 0 aliphatic carbocycles. The molecule has 4 nitrogen and oxygen atoms in total. The number of hydrazone groups is 1. The molecule has 0 fully saturated rings. The summed E-state index contributed by atoms with van der Waals surface area (Å²) in [6.07, 6.45) is 3.25. The number of hydrogen-bond acceptors (Lipinski definition) is 4. The highest BCUT2D eigenvalue weighted by Gasteiger charge is 2.01. The van der Waals surface area contributed by atoms with Gasteiger partial charge < -0.3 is 0 Å². The lowest BCUT2D eigenvalue weighted by Gasteiger charge is -2.01. The molecule has 18 heavy (non-hydrogen) atoms. The summed E-state index contributed by atoms with van der Waals surface area (Å²) in [5.41, 5.74) is 3.77. The van der Waals surface area contributed by atoms with E-state index in [4.69, 9.17) is 11.6 Å². The molecule has 0 amide bonds. The molecule has 0 aliphatic rings. The molecule has 1 aromatic heterocycles. The maximum Gasteiger partial charge on any atom is 0.224 e. The average Bonchev–Trinajstić information content (AvgIpc) is 2.36. The van der Waals surface area contributed by atoms with Crippen molar-refractivity contribution in [3.8, 4) is 0 Å². The summed E-state index contributed by atoms with van der Waals surface area (Å²) in [5.74, 6) is 0.517. The number of nitrogens with zero attached hydrogens (tertiary/aromatic N) is 3. The van der Waals surface area contributed by atoms with E-state index >= 15 is 0 Å². The highest BCUT2D eigenvalue weighted by molar-refractivity contribution is 9.10. The fourth-order valence-electron chi connectivity index (χ4n) is 1.14. The summed E-state index contributed by atoms with van der Waals surface area (Å²) in [6, 6.07) is 7.77. The molecule has 2 aromatic rings. The van der Waals surface area contributed by atoms with Gasteiger partial charge in [0.2, 0.25) is 5.28 Å². The Morgan fingerprint density at radius 1 is 1.22 bits per heavy atom. The summed E-state index contributed by atoms with van der Waals surface area (Å²) >= 11 is 12.4. The van der Waals surface area contributed by atoms with Crippen molar-refractivity contribution in [1.82, 2.24) is 9.97 Å². The molecule has 1 heterocycles. The van der Waals surface area contributed by atoms with Crippen LogP contribution in [0.5, 0.6) is 0 Å². The Morgan fingerprint density at radius 2 is 1.94 bits per heavy atom. The number of benzene rings is 1. The molecule has 1 aromatic carbocycles. The standard InChI is InChI=1S/C11H7Br2ClN4/c12-8-3-1-7(2-4-8)5-16-18-10-9(13)6-15-11(14)17-10/h1-6H,(H,15,17,18). The van der Waals surface area contributed by atoms with Crippen molar-refractivity contribution in [3.05, 3.63) is 50.3 Å². The molecular weight excluding hydrogens is 383 g/mol. The fraction of sp³-hybridized carbons (Fsp3) is 0. The second-order valence-electron chi connectivity index (χ2n) is 3.26. The first-order chi connectivity index (χ1) is 8.65. The van der Waals surface area contributed by atoms with E-state index in [0.29, 0.717) is 10.3 Å². The molecule has 0 unspecified atom stereocenters. The molecule has 7 heteroatoms. The van der Waals surface area contributed by atoms with Crippen LogP contribution >= 0.6 is 43.5 Å². The van der Waals surface area contributed by atoms with Crippen LogP contribution in [0.2, 0.25) is 5.28 Å². The van der Waals surface area contributed by atoms with Crippen molar-refractivity contribution in [2.24, 2.45) is 5.10 Å². The second kappa shape index (κ2) is 6.26. The minimum absolute atomic E-state index is 0.166. The summed E-state index contributed by atoms with van der Waals surface area (Å²) in [6.45, 7) is 0. The average molecular weight is 390 g/mol. The number of hydrogen-bond donors (Lipinski definition) is 1. The summed E-state index contributed by atoms with van der Waals surface area (Å²) in [4.78, 5) is 7.82. The van der Waals surface area contributed by atoms with E-state index in [1.165, 1.54) is 0 Å². The van der Waals surface area contributed by atoms with E-state index in [1.54, 1.807) is 12.4 Å². The number of aromatic nitrogens is 2. The minimum Gasteiger partial charge on any atom is -0.260 e. The second-order valence-corrected chi connectivity index (χ2v) is 5.37. The van der Waals surface area contributed by atoms with Crippen molar-refractivity contribution < 1.29 is 0 Å². The first kappa shape index (κ1) is 13.5. The van der Waals surface area contributed by atoms with Gasteiger partial charge in [-0.15, -0.1) is 0 Å². The lowest BCUT2D eigenvalue weighted by molar-refractivity contribution is 1.12. The third-order valence-corrected chi connectivity index (χ3v) is 3.26. The molecule has 2 rings (SSSR count). The fourth-order valence-corrected chi connectivity index (χ4v) is 1.82. The number of anilines is 1. The van der Waals surface area contributed by atoms with Crippen LogP contribution in [0.15, 0.2) is 44.5 Å². The number of rotatable bonds is 3.